The van der Waals surface area contributed by atoms with Gasteiger partial charge < -0.3 is 16.0 Å². The molecule has 6 heteroatoms. The van der Waals surface area contributed by atoms with E-state index in [1.54, 1.807) is 12.1 Å². The SMILES string of the molecule is Nc1ccc(N(Cc2cc(F)ccc2Cl)[C@H]2CCNC2)cc1Cl. The lowest BCUT2D eigenvalue weighted by atomic mass is 10.1. The van der Waals surface area contributed by atoms with Gasteiger partial charge in [-0.25, -0.2) is 4.39 Å². The van der Waals surface area contributed by atoms with E-state index in [2.05, 4.69) is 10.2 Å². The van der Waals surface area contributed by atoms with Crippen LogP contribution in [0, 0.1) is 5.82 Å². The first kappa shape index (κ1) is 16.4. The van der Waals surface area contributed by atoms with Crippen LogP contribution in [-0.4, -0.2) is 19.1 Å². The first-order valence-corrected chi connectivity index (χ1v) is 8.26. The third-order valence-corrected chi connectivity index (χ3v) is 4.84. The molecule has 3 N–H and O–H groups in total. The highest BCUT2D eigenvalue weighted by Gasteiger charge is 2.24. The van der Waals surface area contributed by atoms with Crippen molar-refractivity contribution < 1.29 is 4.39 Å². The van der Waals surface area contributed by atoms with Crippen molar-refractivity contribution in [2.24, 2.45) is 0 Å². The van der Waals surface area contributed by atoms with Gasteiger partial charge in [-0.1, -0.05) is 23.2 Å². The molecule has 1 heterocycles. The number of nitrogens with one attached hydrogen (secondary N) is 1. The molecule has 2 aromatic rings. The highest BCUT2D eigenvalue weighted by Crippen LogP contribution is 2.30. The van der Waals surface area contributed by atoms with Crippen LogP contribution in [-0.2, 0) is 6.54 Å². The van der Waals surface area contributed by atoms with Crippen molar-refractivity contribution in [2.75, 3.05) is 23.7 Å². The maximum atomic E-state index is 13.6. The minimum atomic E-state index is -0.288. The van der Waals surface area contributed by atoms with Crippen molar-refractivity contribution in [2.45, 2.75) is 19.0 Å². The van der Waals surface area contributed by atoms with Crippen LogP contribution in [0.2, 0.25) is 10.0 Å². The first-order chi connectivity index (χ1) is 11.0. The molecule has 0 bridgehead atoms. The summed E-state index contributed by atoms with van der Waals surface area (Å²) in [4.78, 5) is 2.20. The number of nitrogens with zero attached hydrogens (tertiary/aromatic N) is 1. The van der Waals surface area contributed by atoms with Gasteiger partial charge in [-0.2, -0.15) is 0 Å². The predicted octanol–water partition coefficient (Wildman–Crippen LogP) is 4.08. The molecule has 23 heavy (non-hydrogen) atoms. The van der Waals surface area contributed by atoms with Gasteiger partial charge in [-0.05, 0) is 54.9 Å². The minimum Gasteiger partial charge on any atom is -0.398 e. The molecule has 122 valence electrons. The van der Waals surface area contributed by atoms with E-state index < -0.39 is 0 Å². The number of rotatable bonds is 4. The van der Waals surface area contributed by atoms with Gasteiger partial charge in [-0.15, -0.1) is 0 Å². The lowest BCUT2D eigenvalue weighted by molar-refractivity contribution is 0.613. The number of benzene rings is 2. The fraction of sp³-hybridized carbons (Fsp3) is 0.294. The molecule has 1 aliphatic rings. The largest absolute Gasteiger partial charge is 0.398 e. The van der Waals surface area contributed by atoms with Gasteiger partial charge in [-0.3, -0.25) is 0 Å². The van der Waals surface area contributed by atoms with Crippen LogP contribution in [0.15, 0.2) is 36.4 Å². The normalized spacial score (nSPS) is 17.4. The van der Waals surface area contributed by atoms with Crippen LogP contribution in [0.5, 0.6) is 0 Å². The number of hydrogen-bond donors (Lipinski definition) is 2. The Balaban J connectivity index is 1.95. The Bertz CT molecular complexity index is 702. The Labute approximate surface area is 145 Å². The van der Waals surface area contributed by atoms with E-state index in [9.17, 15) is 4.39 Å². The lowest BCUT2D eigenvalue weighted by Crippen LogP contribution is -2.36. The summed E-state index contributed by atoms with van der Waals surface area (Å²) in [7, 11) is 0. The summed E-state index contributed by atoms with van der Waals surface area (Å²) in [5.41, 5.74) is 8.06. The Kier molecular flexibility index (Phi) is 4.95. The zero-order valence-electron chi connectivity index (χ0n) is 12.5. The van der Waals surface area contributed by atoms with Gasteiger partial charge in [0, 0.05) is 29.8 Å². The summed E-state index contributed by atoms with van der Waals surface area (Å²) in [6, 6.07) is 10.3. The first-order valence-electron chi connectivity index (χ1n) is 7.51. The smallest absolute Gasteiger partial charge is 0.123 e. The molecule has 0 radical (unpaired) electrons. The summed E-state index contributed by atoms with van der Waals surface area (Å²) >= 11 is 12.4. The summed E-state index contributed by atoms with van der Waals surface area (Å²) in [5, 5.41) is 4.43. The molecule has 3 rings (SSSR count). The van der Waals surface area contributed by atoms with E-state index in [-0.39, 0.29) is 5.82 Å². The van der Waals surface area contributed by atoms with E-state index in [1.807, 2.05) is 12.1 Å². The Morgan fingerprint density at radius 1 is 1.17 bits per heavy atom. The maximum absolute atomic E-state index is 13.6. The number of nitrogen functional groups attached to an aromatic ring is 1. The zero-order chi connectivity index (χ0) is 16.4. The van der Waals surface area contributed by atoms with Crippen molar-refractivity contribution in [3.63, 3.8) is 0 Å². The van der Waals surface area contributed by atoms with Gasteiger partial charge in [0.2, 0.25) is 0 Å². The van der Waals surface area contributed by atoms with Crippen LogP contribution in [0.1, 0.15) is 12.0 Å². The summed E-state index contributed by atoms with van der Waals surface area (Å²) in [5.74, 6) is -0.288. The minimum absolute atomic E-state index is 0.288. The fourth-order valence-corrected chi connectivity index (χ4v) is 3.23. The standard InChI is InChI=1S/C17H18Cl2FN3/c18-15-3-1-12(20)7-11(15)10-23(14-5-6-22-9-14)13-2-4-17(21)16(19)8-13/h1-4,7-8,14,22H,5-6,9-10,21H2/t14-/m0/s1. The second-order valence-corrected chi connectivity index (χ2v) is 6.53. The van der Waals surface area contributed by atoms with Crippen molar-refractivity contribution in [1.82, 2.24) is 5.32 Å². The molecule has 1 atom stereocenters. The van der Waals surface area contributed by atoms with Gasteiger partial charge in [0.05, 0.1) is 10.7 Å². The fourth-order valence-electron chi connectivity index (χ4n) is 2.88. The van der Waals surface area contributed by atoms with E-state index in [1.165, 1.54) is 12.1 Å². The molecular weight excluding hydrogens is 336 g/mol. The molecule has 0 unspecified atom stereocenters. The van der Waals surface area contributed by atoms with Crippen molar-refractivity contribution >= 4 is 34.6 Å². The van der Waals surface area contributed by atoms with E-state index in [0.29, 0.717) is 28.3 Å². The topological polar surface area (TPSA) is 41.3 Å². The van der Waals surface area contributed by atoms with Crippen LogP contribution in [0.4, 0.5) is 15.8 Å². The molecule has 1 fully saturated rings. The van der Waals surface area contributed by atoms with E-state index in [0.717, 1.165) is 30.8 Å². The molecule has 3 nitrogen and oxygen atoms in total. The average molecular weight is 354 g/mol. The highest BCUT2D eigenvalue weighted by atomic mass is 35.5. The second kappa shape index (κ2) is 6.95. The van der Waals surface area contributed by atoms with Crippen molar-refractivity contribution in [3.8, 4) is 0 Å². The average Bonchev–Trinajstić information content (AvgIpc) is 3.05. The van der Waals surface area contributed by atoms with Crippen LogP contribution >= 0.6 is 23.2 Å². The zero-order valence-corrected chi connectivity index (χ0v) is 14.0. The summed E-state index contributed by atoms with van der Waals surface area (Å²) < 4.78 is 13.6. The molecule has 0 spiro atoms. The van der Waals surface area contributed by atoms with E-state index in [4.69, 9.17) is 28.9 Å². The van der Waals surface area contributed by atoms with Gasteiger partial charge in [0.15, 0.2) is 0 Å². The molecule has 0 aromatic heterocycles. The molecule has 1 aliphatic heterocycles. The number of anilines is 2. The predicted molar refractivity (Wildman–Crippen MR) is 94.7 cm³/mol. The van der Waals surface area contributed by atoms with Crippen LogP contribution in [0.3, 0.4) is 0 Å². The second-order valence-electron chi connectivity index (χ2n) is 5.72. The quantitative estimate of drug-likeness (QED) is 0.813. The van der Waals surface area contributed by atoms with Gasteiger partial charge in [0.1, 0.15) is 5.82 Å². The molecule has 0 saturated carbocycles. The van der Waals surface area contributed by atoms with E-state index >= 15 is 0 Å². The number of halogens is 3. The molecule has 0 aliphatic carbocycles. The maximum Gasteiger partial charge on any atom is 0.123 e. The molecule has 2 aromatic carbocycles. The lowest BCUT2D eigenvalue weighted by Gasteiger charge is -2.31. The van der Waals surface area contributed by atoms with Gasteiger partial charge >= 0.3 is 0 Å². The molecule has 1 saturated heterocycles. The van der Waals surface area contributed by atoms with Crippen LogP contribution in [0.25, 0.3) is 0 Å². The Morgan fingerprint density at radius 3 is 2.70 bits per heavy atom. The summed E-state index contributed by atoms with van der Waals surface area (Å²) in [6.07, 6.45) is 1.01. The number of hydrogen-bond acceptors (Lipinski definition) is 3. The van der Waals surface area contributed by atoms with Crippen molar-refractivity contribution in [3.05, 3.63) is 57.8 Å². The Morgan fingerprint density at radius 2 is 2.00 bits per heavy atom. The summed E-state index contributed by atoms with van der Waals surface area (Å²) in [6.45, 7) is 2.35. The highest BCUT2D eigenvalue weighted by molar-refractivity contribution is 6.33. The molecule has 0 amide bonds. The molecular formula is C17H18Cl2FN3. The third kappa shape index (κ3) is 3.71. The third-order valence-electron chi connectivity index (χ3n) is 4.14. The monoisotopic (exact) mass is 353 g/mol. The van der Waals surface area contributed by atoms with Gasteiger partial charge in [0.25, 0.3) is 0 Å². The van der Waals surface area contributed by atoms with Crippen molar-refractivity contribution in [1.29, 1.82) is 0 Å². The Hall–Kier alpha value is -1.49. The number of nitrogens with two attached hydrogens (primary N) is 1. The van der Waals surface area contributed by atoms with Crippen LogP contribution < -0.4 is 16.0 Å².